The van der Waals surface area contributed by atoms with E-state index in [1.165, 1.54) is 4.90 Å². The molecule has 0 saturated carbocycles. The number of hydrogen-bond acceptors (Lipinski definition) is 4. The van der Waals surface area contributed by atoms with E-state index in [9.17, 15) is 13.6 Å². The highest BCUT2D eigenvalue weighted by atomic mass is 19.3. The Morgan fingerprint density at radius 3 is 2.64 bits per heavy atom. The number of likely N-dealkylation sites (tertiary alicyclic amines) is 1. The zero-order chi connectivity index (χ0) is 16.4. The normalized spacial score (nSPS) is 17.3. The van der Waals surface area contributed by atoms with E-state index in [-0.39, 0.29) is 13.1 Å². The molecule has 1 N–H and O–H groups in total. The van der Waals surface area contributed by atoms with E-state index in [0.717, 1.165) is 0 Å². The number of halogens is 2. The predicted octanol–water partition coefficient (Wildman–Crippen LogP) is 2.38. The number of alkyl halides is 2. The number of amides is 1. The Labute approximate surface area is 128 Å². The summed E-state index contributed by atoms with van der Waals surface area (Å²) in [7, 11) is 0. The fraction of sp³-hybridized carbons (Fsp3) is 0.600. The summed E-state index contributed by atoms with van der Waals surface area (Å²) in [6.45, 7) is 5.42. The van der Waals surface area contributed by atoms with Gasteiger partial charge in [0.15, 0.2) is 0 Å². The molecule has 1 aliphatic rings. The minimum Gasteiger partial charge on any atom is -0.444 e. The van der Waals surface area contributed by atoms with Crippen LogP contribution in [0.2, 0.25) is 0 Å². The molecule has 7 heteroatoms. The van der Waals surface area contributed by atoms with Crippen molar-refractivity contribution in [3.63, 3.8) is 0 Å². The number of carbonyl (C=O) groups excluding carboxylic acids is 1. The van der Waals surface area contributed by atoms with E-state index >= 15 is 0 Å². The van der Waals surface area contributed by atoms with Crippen LogP contribution in [-0.4, -0.2) is 47.6 Å². The van der Waals surface area contributed by atoms with E-state index < -0.39 is 30.2 Å². The molecule has 0 aliphatic carbocycles. The lowest BCUT2D eigenvalue weighted by atomic mass is 9.86. The topological polar surface area (TPSA) is 54.5 Å². The Morgan fingerprint density at radius 1 is 1.45 bits per heavy atom. The molecule has 0 bridgehead atoms. The standard InChI is InChI=1S/C15H21F2N3O2/c1-14(2,3)22-13(21)20-9-15(10-20,19-8-12(16)17)11-6-4-5-7-18-11/h4-7,12,19H,8-10H2,1-3H3. The van der Waals surface area contributed by atoms with Crippen LogP contribution in [-0.2, 0) is 10.3 Å². The molecule has 1 aliphatic heterocycles. The Kier molecular flexibility index (Phi) is 4.65. The number of pyridine rings is 1. The second kappa shape index (κ2) is 6.16. The van der Waals surface area contributed by atoms with Crippen molar-refractivity contribution in [1.29, 1.82) is 0 Å². The number of nitrogens with zero attached hydrogens (tertiary/aromatic N) is 2. The highest BCUT2D eigenvalue weighted by molar-refractivity contribution is 5.70. The molecule has 5 nitrogen and oxygen atoms in total. The molecule has 1 aromatic heterocycles. The van der Waals surface area contributed by atoms with E-state index in [2.05, 4.69) is 10.3 Å². The first-order chi connectivity index (χ1) is 10.2. The first-order valence-electron chi connectivity index (χ1n) is 7.14. The molecule has 1 aromatic rings. The average molecular weight is 313 g/mol. The van der Waals surface area contributed by atoms with E-state index in [1.54, 1.807) is 45.2 Å². The fourth-order valence-electron chi connectivity index (χ4n) is 2.34. The van der Waals surface area contributed by atoms with Crippen LogP contribution in [0.15, 0.2) is 24.4 Å². The van der Waals surface area contributed by atoms with Gasteiger partial charge in [0.1, 0.15) is 5.60 Å². The van der Waals surface area contributed by atoms with Crippen LogP contribution < -0.4 is 5.32 Å². The van der Waals surface area contributed by atoms with Crippen molar-refractivity contribution in [1.82, 2.24) is 15.2 Å². The summed E-state index contributed by atoms with van der Waals surface area (Å²) in [4.78, 5) is 17.7. The van der Waals surface area contributed by atoms with Crippen molar-refractivity contribution in [3.8, 4) is 0 Å². The third-order valence-electron chi connectivity index (χ3n) is 3.32. The predicted molar refractivity (Wildman–Crippen MR) is 77.7 cm³/mol. The van der Waals surface area contributed by atoms with Gasteiger partial charge in [0.25, 0.3) is 6.43 Å². The monoisotopic (exact) mass is 313 g/mol. The minimum atomic E-state index is -2.46. The van der Waals surface area contributed by atoms with Crippen LogP contribution in [0.4, 0.5) is 13.6 Å². The number of hydrogen-bond donors (Lipinski definition) is 1. The van der Waals surface area contributed by atoms with Gasteiger partial charge in [-0.1, -0.05) is 6.07 Å². The summed E-state index contributed by atoms with van der Waals surface area (Å²) in [5, 5.41) is 2.83. The van der Waals surface area contributed by atoms with E-state index in [0.29, 0.717) is 5.69 Å². The number of aromatic nitrogens is 1. The second-order valence-corrected chi connectivity index (χ2v) is 6.41. The largest absolute Gasteiger partial charge is 0.444 e. The van der Waals surface area contributed by atoms with Gasteiger partial charge in [-0.15, -0.1) is 0 Å². The molecule has 0 spiro atoms. The van der Waals surface area contributed by atoms with Gasteiger partial charge in [-0.2, -0.15) is 0 Å². The number of rotatable bonds is 4. The maximum atomic E-state index is 12.5. The van der Waals surface area contributed by atoms with Crippen molar-refractivity contribution < 1.29 is 18.3 Å². The van der Waals surface area contributed by atoms with Crippen LogP contribution in [0.3, 0.4) is 0 Å². The Bertz CT molecular complexity index is 511. The molecule has 122 valence electrons. The molecule has 22 heavy (non-hydrogen) atoms. The number of nitrogens with one attached hydrogen (secondary N) is 1. The van der Waals surface area contributed by atoms with Crippen molar-refractivity contribution in [3.05, 3.63) is 30.1 Å². The molecule has 0 atom stereocenters. The van der Waals surface area contributed by atoms with Crippen molar-refractivity contribution >= 4 is 6.09 Å². The summed E-state index contributed by atoms with van der Waals surface area (Å²) in [5.41, 5.74) is -0.679. The Hall–Kier alpha value is -1.76. The molecule has 0 radical (unpaired) electrons. The summed E-state index contributed by atoms with van der Waals surface area (Å²) in [5.74, 6) is 0. The quantitative estimate of drug-likeness (QED) is 0.927. The molecule has 1 amide bonds. The summed E-state index contributed by atoms with van der Waals surface area (Å²) in [6, 6.07) is 5.32. The molecular weight excluding hydrogens is 292 g/mol. The van der Waals surface area contributed by atoms with Gasteiger partial charge in [-0.05, 0) is 32.9 Å². The molecule has 1 fully saturated rings. The van der Waals surface area contributed by atoms with Gasteiger partial charge in [0.2, 0.25) is 0 Å². The highest BCUT2D eigenvalue weighted by Crippen LogP contribution is 2.32. The lowest BCUT2D eigenvalue weighted by Crippen LogP contribution is -2.69. The van der Waals surface area contributed by atoms with Gasteiger partial charge in [-0.25, -0.2) is 13.6 Å². The molecule has 0 unspecified atom stereocenters. The van der Waals surface area contributed by atoms with Gasteiger partial charge in [-0.3, -0.25) is 10.3 Å². The van der Waals surface area contributed by atoms with Crippen molar-refractivity contribution in [2.75, 3.05) is 19.6 Å². The Morgan fingerprint density at radius 2 is 2.14 bits per heavy atom. The minimum absolute atomic E-state index is 0.256. The summed E-state index contributed by atoms with van der Waals surface area (Å²) < 4.78 is 30.3. The van der Waals surface area contributed by atoms with Crippen LogP contribution in [0.25, 0.3) is 0 Å². The van der Waals surface area contributed by atoms with Crippen LogP contribution in [0, 0.1) is 0 Å². The van der Waals surface area contributed by atoms with Crippen molar-refractivity contribution in [2.45, 2.75) is 38.3 Å². The molecule has 0 aromatic carbocycles. The zero-order valence-electron chi connectivity index (χ0n) is 13.0. The van der Waals surface area contributed by atoms with Gasteiger partial charge in [0, 0.05) is 19.3 Å². The fourth-order valence-corrected chi connectivity index (χ4v) is 2.34. The maximum absolute atomic E-state index is 12.5. The third-order valence-corrected chi connectivity index (χ3v) is 3.32. The van der Waals surface area contributed by atoms with Gasteiger partial charge < -0.3 is 9.64 Å². The molecule has 2 heterocycles. The lowest BCUT2D eigenvalue weighted by molar-refractivity contribution is -0.0227. The number of ether oxygens (including phenoxy) is 1. The maximum Gasteiger partial charge on any atom is 0.410 e. The van der Waals surface area contributed by atoms with Crippen LogP contribution in [0.1, 0.15) is 26.5 Å². The van der Waals surface area contributed by atoms with Crippen molar-refractivity contribution in [2.24, 2.45) is 0 Å². The number of carbonyl (C=O) groups is 1. The molecular formula is C15H21F2N3O2. The second-order valence-electron chi connectivity index (χ2n) is 6.41. The lowest BCUT2D eigenvalue weighted by Gasteiger charge is -2.49. The van der Waals surface area contributed by atoms with Crippen LogP contribution >= 0.6 is 0 Å². The molecule has 1 saturated heterocycles. The first-order valence-corrected chi connectivity index (χ1v) is 7.14. The summed E-state index contributed by atoms with van der Waals surface area (Å²) >= 11 is 0. The van der Waals surface area contributed by atoms with Crippen LogP contribution in [0.5, 0.6) is 0 Å². The Balaban J connectivity index is 2.06. The average Bonchev–Trinajstić information content (AvgIpc) is 2.36. The first kappa shape index (κ1) is 16.6. The SMILES string of the molecule is CC(C)(C)OC(=O)N1CC(NCC(F)F)(c2ccccn2)C1. The van der Waals surface area contributed by atoms with E-state index in [4.69, 9.17) is 4.74 Å². The van der Waals surface area contributed by atoms with Gasteiger partial charge in [0.05, 0.1) is 17.8 Å². The zero-order valence-corrected chi connectivity index (χ0v) is 13.0. The smallest absolute Gasteiger partial charge is 0.410 e. The highest BCUT2D eigenvalue weighted by Gasteiger charge is 2.48. The van der Waals surface area contributed by atoms with E-state index in [1.807, 2.05) is 0 Å². The van der Waals surface area contributed by atoms with Gasteiger partial charge >= 0.3 is 6.09 Å². The molecule has 2 rings (SSSR count). The summed E-state index contributed by atoms with van der Waals surface area (Å²) in [6.07, 6.45) is -1.30. The third kappa shape index (κ3) is 3.91.